The molecule has 0 aliphatic carbocycles. The molecule has 0 fully saturated rings. The molecule has 0 atom stereocenters. The van der Waals surface area contributed by atoms with Crippen LogP contribution in [0.3, 0.4) is 0 Å². The largest absolute Gasteiger partial charge is 0.473 e. The zero-order valence-electron chi connectivity index (χ0n) is 14.9. The van der Waals surface area contributed by atoms with Gasteiger partial charge in [-0.3, -0.25) is 0 Å². The normalized spacial score (nSPS) is 13.5. The number of rotatable bonds is 4. The highest BCUT2D eigenvalue weighted by Gasteiger charge is 2.23. The summed E-state index contributed by atoms with van der Waals surface area (Å²) in [5.74, 6) is 0.739. The Balaban J connectivity index is 1.79. The summed E-state index contributed by atoms with van der Waals surface area (Å²) < 4.78 is 11.5. The molecule has 0 saturated carbocycles. The van der Waals surface area contributed by atoms with Crippen molar-refractivity contribution in [2.75, 3.05) is 11.6 Å². The molecule has 1 aliphatic rings. The van der Waals surface area contributed by atoms with Gasteiger partial charge in [0.1, 0.15) is 11.3 Å². The maximum absolute atomic E-state index is 12.1. The van der Waals surface area contributed by atoms with Crippen molar-refractivity contribution >= 4 is 39.9 Å². The van der Waals surface area contributed by atoms with E-state index in [9.17, 15) is 4.79 Å². The second-order valence-corrected chi connectivity index (χ2v) is 7.59. The van der Waals surface area contributed by atoms with Crippen LogP contribution >= 0.6 is 23.2 Å². The lowest BCUT2D eigenvalue weighted by atomic mass is 10.0. The molecule has 1 aromatic heterocycles. The van der Waals surface area contributed by atoms with E-state index in [1.807, 2.05) is 29.2 Å². The van der Waals surface area contributed by atoms with Crippen molar-refractivity contribution in [1.82, 2.24) is 0 Å². The number of ether oxygens (including phenoxy) is 1. The average Bonchev–Trinajstić information content (AvgIpc) is 2.64. The van der Waals surface area contributed by atoms with E-state index in [-0.39, 0.29) is 5.63 Å². The van der Waals surface area contributed by atoms with Gasteiger partial charge in [0.2, 0.25) is 0 Å². The second-order valence-electron chi connectivity index (χ2n) is 6.71. The zero-order valence-corrected chi connectivity index (χ0v) is 16.4. The summed E-state index contributed by atoms with van der Waals surface area (Å²) in [6.07, 6.45) is 2.95. The number of fused-ring (bicyclic) bond motifs is 3. The Labute approximate surface area is 167 Å². The predicted molar refractivity (Wildman–Crippen MR) is 109 cm³/mol. The van der Waals surface area contributed by atoms with Gasteiger partial charge in [0.05, 0.1) is 12.1 Å². The number of unbranched alkanes of at least 4 members (excludes halogenated alkanes) is 1. The average molecular weight is 404 g/mol. The molecule has 3 aromatic rings. The van der Waals surface area contributed by atoms with Gasteiger partial charge < -0.3 is 14.1 Å². The SMILES string of the molecule is CCCCc1cc(=O)oc2c3c(ccc12)OCN(c1cc(Cl)cc(Cl)c1)C3. The van der Waals surface area contributed by atoms with E-state index in [1.54, 1.807) is 12.1 Å². The van der Waals surface area contributed by atoms with Crippen LogP contribution in [0.25, 0.3) is 11.0 Å². The Hall–Kier alpha value is -2.17. The molecule has 2 aromatic carbocycles. The summed E-state index contributed by atoms with van der Waals surface area (Å²) in [4.78, 5) is 14.2. The molecule has 0 N–H and O–H groups in total. The fourth-order valence-electron chi connectivity index (χ4n) is 3.46. The lowest BCUT2D eigenvalue weighted by molar-refractivity contribution is 0.289. The van der Waals surface area contributed by atoms with Crippen molar-refractivity contribution in [3.63, 3.8) is 0 Å². The molecule has 2 heterocycles. The maximum atomic E-state index is 12.1. The minimum atomic E-state index is -0.329. The van der Waals surface area contributed by atoms with Gasteiger partial charge in [0, 0.05) is 27.2 Å². The molecule has 27 heavy (non-hydrogen) atoms. The van der Waals surface area contributed by atoms with Gasteiger partial charge >= 0.3 is 5.63 Å². The summed E-state index contributed by atoms with van der Waals surface area (Å²) in [5, 5.41) is 2.10. The topological polar surface area (TPSA) is 42.7 Å². The third-order valence-corrected chi connectivity index (χ3v) is 5.23. The van der Waals surface area contributed by atoms with E-state index < -0.39 is 0 Å². The first-order valence-corrected chi connectivity index (χ1v) is 9.73. The number of aryl methyl sites for hydroxylation is 1. The smallest absolute Gasteiger partial charge is 0.336 e. The number of benzene rings is 2. The third kappa shape index (κ3) is 3.64. The number of halogens is 2. The highest BCUT2D eigenvalue weighted by molar-refractivity contribution is 6.35. The molecule has 0 unspecified atom stereocenters. The van der Waals surface area contributed by atoms with Crippen molar-refractivity contribution in [3.8, 4) is 5.75 Å². The standard InChI is InChI=1S/C21H19Cl2NO3/c1-2-3-4-13-7-20(25)27-21-17(13)5-6-19-18(21)11-24(12-26-19)16-9-14(22)8-15(23)10-16/h5-10H,2-4,11-12H2,1H3. The van der Waals surface area contributed by atoms with Crippen LogP contribution in [0.15, 0.2) is 45.6 Å². The van der Waals surface area contributed by atoms with Crippen LogP contribution in [-0.4, -0.2) is 6.73 Å². The van der Waals surface area contributed by atoms with Gasteiger partial charge in [-0.2, -0.15) is 0 Å². The Morgan fingerprint density at radius 2 is 1.89 bits per heavy atom. The third-order valence-electron chi connectivity index (χ3n) is 4.80. The first-order valence-electron chi connectivity index (χ1n) is 8.97. The molecule has 0 amide bonds. The van der Waals surface area contributed by atoms with Gasteiger partial charge in [0.25, 0.3) is 0 Å². The first kappa shape index (κ1) is 18.2. The van der Waals surface area contributed by atoms with Crippen LogP contribution < -0.4 is 15.3 Å². The van der Waals surface area contributed by atoms with Gasteiger partial charge in [-0.25, -0.2) is 4.79 Å². The van der Waals surface area contributed by atoms with E-state index >= 15 is 0 Å². The van der Waals surface area contributed by atoms with E-state index in [1.165, 1.54) is 0 Å². The van der Waals surface area contributed by atoms with E-state index in [0.29, 0.717) is 28.9 Å². The van der Waals surface area contributed by atoms with Crippen molar-refractivity contribution < 1.29 is 9.15 Å². The molecular weight excluding hydrogens is 385 g/mol. The summed E-state index contributed by atoms with van der Waals surface area (Å²) in [5.41, 5.74) is 3.02. The fraction of sp³-hybridized carbons (Fsp3) is 0.286. The first-order chi connectivity index (χ1) is 13.0. The van der Waals surface area contributed by atoms with Crippen LogP contribution in [0, 0.1) is 0 Å². The molecule has 0 bridgehead atoms. The van der Waals surface area contributed by atoms with Crippen LogP contribution in [-0.2, 0) is 13.0 Å². The van der Waals surface area contributed by atoms with Crippen LogP contribution in [0.4, 0.5) is 5.69 Å². The van der Waals surface area contributed by atoms with Gasteiger partial charge in [0.15, 0.2) is 6.73 Å². The molecular formula is C21H19Cl2NO3. The number of nitrogens with zero attached hydrogens (tertiary/aromatic N) is 1. The van der Waals surface area contributed by atoms with E-state index in [0.717, 1.165) is 47.2 Å². The molecule has 1 aliphatic heterocycles. The zero-order chi connectivity index (χ0) is 19.0. The number of anilines is 1. The second kappa shape index (κ2) is 7.45. The Morgan fingerprint density at radius 1 is 1.11 bits per heavy atom. The number of hydrogen-bond acceptors (Lipinski definition) is 4. The van der Waals surface area contributed by atoms with Crippen molar-refractivity contribution in [2.45, 2.75) is 32.7 Å². The number of hydrogen-bond donors (Lipinski definition) is 0. The predicted octanol–water partition coefficient (Wildman–Crippen LogP) is 5.80. The monoisotopic (exact) mass is 403 g/mol. The summed E-state index contributed by atoms with van der Waals surface area (Å²) in [6, 6.07) is 10.9. The highest BCUT2D eigenvalue weighted by atomic mass is 35.5. The molecule has 4 rings (SSSR count). The van der Waals surface area contributed by atoms with Crippen molar-refractivity contribution in [2.24, 2.45) is 0 Å². The summed E-state index contributed by atoms with van der Waals surface area (Å²) in [7, 11) is 0. The van der Waals surface area contributed by atoms with Gasteiger partial charge in [-0.15, -0.1) is 0 Å². The molecule has 4 nitrogen and oxygen atoms in total. The maximum Gasteiger partial charge on any atom is 0.336 e. The minimum absolute atomic E-state index is 0.329. The van der Waals surface area contributed by atoms with Crippen molar-refractivity contribution in [1.29, 1.82) is 0 Å². The van der Waals surface area contributed by atoms with E-state index in [4.69, 9.17) is 32.4 Å². The molecule has 0 spiro atoms. The van der Waals surface area contributed by atoms with Gasteiger partial charge in [-0.05, 0) is 48.7 Å². The summed E-state index contributed by atoms with van der Waals surface area (Å²) >= 11 is 12.3. The Kier molecular flexibility index (Phi) is 5.02. The Morgan fingerprint density at radius 3 is 2.63 bits per heavy atom. The molecule has 140 valence electrons. The van der Waals surface area contributed by atoms with E-state index in [2.05, 4.69) is 6.92 Å². The van der Waals surface area contributed by atoms with Gasteiger partial charge in [-0.1, -0.05) is 36.5 Å². The highest BCUT2D eigenvalue weighted by Crippen LogP contribution is 2.36. The molecule has 0 saturated heterocycles. The quantitative estimate of drug-likeness (QED) is 0.516. The summed E-state index contributed by atoms with van der Waals surface area (Å²) in [6.45, 7) is 3.05. The fourth-order valence-corrected chi connectivity index (χ4v) is 3.97. The van der Waals surface area contributed by atoms with Crippen molar-refractivity contribution in [3.05, 3.63) is 68.0 Å². The van der Waals surface area contributed by atoms with Crippen LogP contribution in [0.5, 0.6) is 5.75 Å². The molecule has 0 radical (unpaired) electrons. The Bertz CT molecular complexity index is 1040. The van der Waals surface area contributed by atoms with Crippen LogP contribution in [0.1, 0.15) is 30.9 Å². The minimum Gasteiger partial charge on any atom is -0.473 e. The van der Waals surface area contributed by atoms with Crippen LogP contribution in [0.2, 0.25) is 10.0 Å². The lowest BCUT2D eigenvalue weighted by Gasteiger charge is -2.31. The molecule has 6 heteroatoms. The lowest BCUT2D eigenvalue weighted by Crippen LogP contribution is -2.32.